The molecule has 6 rings (SSSR count). The molecule has 0 radical (unpaired) electrons. The number of hydrogen-bond donors (Lipinski definition) is 0. The van der Waals surface area contributed by atoms with Crippen molar-refractivity contribution in [3.8, 4) is 0 Å². The summed E-state index contributed by atoms with van der Waals surface area (Å²) in [4.78, 5) is 0. The van der Waals surface area contributed by atoms with E-state index in [9.17, 15) is 0 Å². The topological polar surface area (TPSA) is 18.5 Å². The van der Waals surface area contributed by atoms with Gasteiger partial charge in [0, 0.05) is 0 Å². The minimum atomic E-state index is -2.30. The zero-order valence-electron chi connectivity index (χ0n) is 26.4. The third kappa shape index (κ3) is 7.07. The average molecular weight is 643 g/mol. The van der Waals surface area contributed by atoms with E-state index in [1.807, 2.05) is 0 Å². The van der Waals surface area contributed by atoms with E-state index in [0.717, 1.165) is 12.3 Å². The molecule has 0 aliphatic rings. The first-order valence-electron chi connectivity index (χ1n) is 16.3. The normalized spacial score (nSPS) is 12.4. The molecule has 46 heavy (non-hydrogen) atoms. The van der Waals surface area contributed by atoms with Crippen molar-refractivity contribution < 1.29 is 9.47 Å². The van der Waals surface area contributed by atoms with Gasteiger partial charge in [-0.25, -0.2) is 0 Å². The van der Waals surface area contributed by atoms with Gasteiger partial charge in [-0.3, -0.25) is 0 Å². The zero-order valence-corrected chi connectivity index (χ0v) is 28.4. The van der Waals surface area contributed by atoms with Crippen molar-refractivity contribution in [1.29, 1.82) is 0 Å². The van der Waals surface area contributed by atoms with Gasteiger partial charge >= 0.3 is 277 Å². The fourth-order valence-corrected chi connectivity index (χ4v) is 16.2. The molecule has 6 aromatic rings. The van der Waals surface area contributed by atoms with Crippen LogP contribution < -0.4 is 31.8 Å². The molecule has 0 bridgehead atoms. The third-order valence-corrected chi connectivity index (χ3v) is 19.0. The third-order valence-electron chi connectivity index (χ3n) is 9.21. The molecule has 6 aromatic carbocycles. The van der Waals surface area contributed by atoms with Crippen molar-refractivity contribution in [3.63, 3.8) is 0 Å². The van der Waals surface area contributed by atoms with E-state index < -0.39 is 14.5 Å². The quantitative estimate of drug-likeness (QED) is 0.0945. The molecular formula is C42H44O2P2. The molecule has 0 unspecified atom stereocenters. The second-order valence-corrected chi connectivity index (χ2v) is 19.8. The molecule has 0 N–H and O–H groups in total. The molecule has 2 nitrogen and oxygen atoms in total. The van der Waals surface area contributed by atoms with Crippen molar-refractivity contribution in [2.45, 2.75) is 0 Å². The minimum absolute atomic E-state index is 0.583. The van der Waals surface area contributed by atoms with E-state index in [4.69, 9.17) is 9.47 Å². The summed E-state index contributed by atoms with van der Waals surface area (Å²) in [5.74, 6) is 0. The van der Waals surface area contributed by atoms with E-state index >= 15 is 0 Å². The standard InChI is InChI=1S/C42H44O2P2/c1-7-19-37(20-8-1)45(38-21-9-2-10-22-38,39-23-11-3-12-24-39)35-33-43-31-32-44-34-36-46(40-25-13-4-14-26-40,41-27-15-5-16-28-41)42-29-17-6-18-30-42/h1-30,45-46H,31-36H2. The Kier molecular flexibility index (Phi) is 11.2. The van der Waals surface area contributed by atoms with Crippen molar-refractivity contribution in [2.75, 3.05) is 38.8 Å². The maximum atomic E-state index is 6.36. The summed E-state index contributed by atoms with van der Waals surface area (Å²) < 4.78 is 12.7. The molecule has 0 saturated carbocycles. The van der Waals surface area contributed by atoms with E-state index in [2.05, 4.69) is 182 Å². The first kappa shape index (κ1) is 32.1. The van der Waals surface area contributed by atoms with Gasteiger partial charge in [-0.05, 0) is 0 Å². The van der Waals surface area contributed by atoms with Gasteiger partial charge in [0.25, 0.3) is 0 Å². The van der Waals surface area contributed by atoms with Crippen LogP contribution >= 0.6 is 14.5 Å². The Balaban J connectivity index is 1.14. The van der Waals surface area contributed by atoms with Gasteiger partial charge in [0.15, 0.2) is 0 Å². The number of hydrogen-bond acceptors (Lipinski definition) is 2. The molecule has 0 aromatic heterocycles. The molecule has 234 valence electrons. The zero-order chi connectivity index (χ0) is 31.3. The molecule has 0 heterocycles. The number of ether oxygens (including phenoxy) is 2. The van der Waals surface area contributed by atoms with Crippen LogP contribution in [0.2, 0.25) is 0 Å². The second kappa shape index (κ2) is 16.1. The number of rotatable bonds is 15. The molecule has 0 aliphatic heterocycles. The van der Waals surface area contributed by atoms with Gasteiger partial charge in [0.2, 0.25) is 0 Å². The van der Waals surface area contributed by atoms with Gasteiger partial charge in [-0.2, -0.15) is 0 Å². The van der Waals surface area contributed by atoms with Gasteiger partial charge in [-0.1, -0.05) is 0 Å². The van der Waals surface area contributed by atoms with Gasteiger partial charge in [0.05, 0.1) is 0 Å². The second-order valence-electron chi connectivity index (χ2n) is 11.7. The maximum absolute atomic E-state index is 6.36. The fraction of sp³-hybridized carbons (Fsp3) is 0.143. The molecule has 0 fully saturated rings. The summed E-state index contributed by atoms with van der Waals surface area (Å²) in [5.41, 5.74) is 0. The van der Waals surface area contributed by atoms with Crippen molar-refractivity contribution in [1.82, 2.24) is 0 Å². The molecule has 4 heteroatoms. The predicted octanol–water partition coefficient (Wildman–Crippen LogP) is 6.47. The summed E-state index contributed by atoms with van der Waals surface area (Å²) in [6.07, 6.45) is 1.94. The Bertz CT molecular complexity index is 1390. The van der Waals surface area contributed by atoms with E-state index in [0.29, 0.717) is 26.4 Å². The Morgan fingerprint density at radius 2 is 0.457 bits per heavy atom. The molecular weight excluding hydrogens is 598 g/mol. The fourth-order valence-electron chi connectivity index (χ4n) is 6.97. The van der Waals surface area contributed by atoms with Crippen LogP contribution in [0.15, 0.2) is 182 Å². The van der Waals surface area contributed by atoms with Crippen LogP contribution in [-0.4, -0.2) is 38.8 Å². The van der Waals surface area contributed by atoms with Crippen LogP contribution in [0.4, 0.5) is 0 Å². The van der Waals surface area contributed by atoms with Crippen LogP contribution in [-0.2, 0) is 9.47 Å². The van der Waals surface area contributed by atoms with Gasteiger partial charge in [-0.15, -0.1) is 0 Å². The van der Waals surface area contributed by atoms with Crippen LogP contribution in [0.5, 0.6) is 0 Å². The summed E-state index contributed by atoms with van der Waals surface area (Å²) >= 11 is 0. The van der Waals surface area contributed by atoms with E-state index in [-0.39, 0.29) is 0 Å². The van der Waals surface area contributed by atoms with Crippen LogP contribution in [0.25, 0.3) is 0 Å². The molecule has 0 spiro atoms. The van der Waals surface area contributed by atoms with Crippen LogP contribution in [0, 0.1) is 0 Å². The first-order chi connectivity index (χ1) is 22.8. The van der Waals surface area contributed by atoms with E-state index in [1.165, 1.54) is 31.8 Å². The Morgan fingerprint density at radius 3 is 0.652 bits per heavy atom. The Morgan fingerprint density at radius 1 is 0.261 bits per heavy atom. The van der Waals surface area contributed by atoms with Crippen molar-refractivity contribution >= 4 is 46.4 Å². The predicted molar refractivity (Wildman–Crippen MR) is 204 cm³/mol. The SMILES string of the molecule is c1ccc([PH](CCOCCOCC[PH](c2ccccc2)(c2ccccc2)c2ccccc2)(c2ccccc2)c2ccccc2)cc1. The first-order valence-corrected chi connectivity index (χ1v) is 20.7. The summed E-state index contributed by atoms with van der Waals surface area (Å²) in [5, 5.41) is 8.48. The number of benzene rings is 6. The molecule has 0 aliphatic carbocycles. The van der Waals surface area contributed by atoms with Crippen molar-refractivity contribution in [3.05, 3.63) is 182 Å². The van der Waals surface area contributed by atoms with Crippen molar-refractivity contribution in [2.24, 2.45) is 0 Å². The molecule has 0 saturated heterocycles. The van der Waals surface area contributed by atoms with Gasteiger partial charge in [0.1, 0.15) is 0 Å². The molecule has 0 atom stereocenters. The Hall–Kier alpha value is -3.90. The summed E-state index contributed by atoms with van der Waals surface area (Å²) in [7, 11) is -4.59. The van der Waals surface area contributed by atoms with E-state index in [1.54, 1.807) is 0 Å². The monoisotopic (exact) mass is 642 g/mol. The average Bonchev–Trinajstić information content (AvgIpc) is 3.15. The van der Waals surface area contributed by atoms with Crippen LogP contribution in [0.1, 0.15) is 0 Å². The molecule has 0 amide bonds. The van der Waals surface area contributed by atoms with Gasteiger partial charge < -0.3 is 0 Å². The van der Waals surface area contributed by atoms with Crippen LogP contribution in [0.3, 0.4) is 0 Å². The summed E-state index contributed by atoms with van der Waals surface area (Å²) in [6, 6.07) is 66.3. The Labute approximate surface area is 275 Å². The summed E-state index contributed by atoms with van der Waals surface area (Å²) in [6.45, 7) is 2.54.